The second-order valence-corrected chi connectivity index (χ2v) is 5.72. The molecule has 0 unspecified atom stereocenters. The second-order valence-electron chi connectivity index (χ2n) is 4.65. The van der Waals surface area contributed by atoms with Gasteiger partial charge >= 0.3 is 6.18 Å². The van der Waals surface area contributed by atoms with Crippen molar-refractivity contribution in [3.63, 3.8) is 0 Å². The lowest BCUT2D eigenvalue weighted by Crippen LogP contribution is -2.26. The Morgan fingerprint density at radius 2 is 2.17 bits per heavy atom. The van der Waals surface area contributed by atoms with E-state index in [1.165, 1.54) is 24.0 Å². The molecule has 0 aliphatic heterocycles. The largest absolute Gasteiger partial charge is 0.408 e. The summed E-state index contributed by atoms with van der Waals surface area (Å²) in [5.74, 6) is 1.64. The van der Waals surface area contributed by atoms with E-state index >= 15 is 0 Å². The molecule has 130 valence electrons. The summed E-state index contributed by atoms with van der Waals surface area (Å²) in [5, 5.41) is 3.02. The number of nitrogens with two attached hydrogens (primary N) is 1. The van der Waals surface area contributed by atoms with Crippen molar-refractivity contribution in [2.45, 2.75) is 24.2 Å². The number of thioether (sulfide) groups is 1. The molecule has 0 radical (unpaired) electrons. The van der Waals surface area contributed by atoms with E-state index in [2.05, 4.69) is 30.2 Å². The Kier molecular flexibility index (Phi) is 6.41. The first-order chi connectivity index (χ1) is 11.4. The lowest BCUT2D eigenvalue weighted by molar-refractivity contribution is -0.118. The van der Waals surface area contributed by atoms with E-state index in [4.69, 9.17) is 5.73 Å². The first-order valence-corrected chi connectivity index (χ1v) is 7.99. The van der Waals surface area contributed by atoms with Gasteiger partial charge in [0.05, 0.1) is 0 Å². The van der Waals surface area contributed by atoms with Gasteiger partial charge in [-0.3, -0.25) is 0 Å². The number of imidazole rings is 1. The predicted molar refractivity (Wildman–Crippen MR) is 85.8 cm³/mol. The highest BCUT2D eigenvalue weighted by atomic mass is 32.2. The zero-order chi connectivity index (χ0) is 17.4. The molecular weight excluding hydrogens is 343 g/mol. The molecule has 2 aromatic heterocycles. The predicted octanol–water partition coefficient (Wildman–Crippen LogP) is 2.21. The van der Waals surface area contributed by atoms with Crippen molar-refractivity contribution in [3.05, 3.63) is 30.5 Å². The highest BCUT2D eigenvalue weighted by Crippen LogP contribution is 2.17. The number of rotatable bonds is 7. The number of hydrogen-bond acceptors (Lipinski definition) is 5. The fourth-order valence-corrected chi connectivity index (χ4v) is 2.43. The maximum atomic E-state index is 12.1. The van der Waals surface area contributed by atoms with Crippen molar-refractivity contribution in [3.8, 4) is 0 Å². The van der Waals surface area contributed by atoms with Crippen LogP contribution in [0.25, 0.3) is 0 Å². The summed E-state index contributed by atoms with van der Waals surface area (Å²) >= 11 is 1.44. The van der Waals surface area contributed by atoms with E-state index in [0.717, 1.165) is 24.4 Å². The molecule has 0 bridgehead atoms. The van der Waals surface area contributed by atoms with E-state index in [9.17, 15) is 13.2 Å². The molecule has 0 atom stereocenters. The van der Waals surface area contributed by atoms with Gasteiger partial charge in [-0.05, 0) is 12.5 Å². The first kappa shape index (κ1) is 18.0. The van der Waals surface area contributed by atoms with E-state index < -0.39 is 12.7 Å². The second kappa shape index (κ2) is 8.52. The molecule has 0 aliphatic carbocycles. The van der Waals surface area contributed by atoms with Gasteiger partial charge in [0.15, 0.2) is 11.1 Å². The van der Waals surface area contributed by atoms with Crippen LogP contribution in [-0.2, 0) is 6.42 Å². The normalized spacial score (nSPS) is 12.4. The molecule has 2 aromatic rings. The number of anilines is 1. The van der Waals surface area contributed by atoms with Gasteiger partial charge in [0, 0.05) is 30.8 Å². The lowest BCUT2D eigenvalue weighted by Gasteiger charge is -2.07. The Balaban J connectivity index is 1.80. The topological polar surface area (TPSA) is 105 Å². The molecule has 24 heavy (non-hydrogen) atoms. The molecule has 4 N–H and O–H groups in total. The van der Waals surface area contributed by atoms with Crippen LogP contribution in [0.4, 0.5) is 19.0 Å². The van der Waals surface area contributed by atoms with Gasteiger partial charge < -0.3 is 16.0 Å². The number of hydrogen-bond donors (Lipinski definition) is 3. The van der Waals surface area contributed by atoms with Gasteiger partial charge in [-0.15, -0.1) is 0 Å². The molecule has 0 spiro atoms. The Hall–Kier alpha value is -2.30. The van der Waals surface area contributed by atoms with E-state index in [0.29, 0.717) is 11.0 Å². The summed E-state index contributed by atoms with van der Waals surface area (Å²) in [6.45, 7) is -1.34. The SMILES string of the molecule is NC(=NCC(F)(F)F)Nc1ccnc(SCCCc2ncc[nH]2)n1. The van der Waals surface area contributed by atoms with E-state index in [-0.39, 0.29) is 5.96 Å². The first-order valence-electron chi connectivity index (χ1n) is 7.00. The van der Waals surface area contributed by atoms with Crippen LogP contribution in [-0.4, -0.2) is 44.4 Å². The third-order valence-corrected chi connectivity index (χ3v) is 3.61. The fourth-order valence-electron chi connectivity index (χ4n) is 1.66. The summed E-state index contributed by atoms with van der Waals surface area (Å²) < 4.78 is 36.2. The molecule has 0 amide bonds. The average Bonchev–Trinajstić information content (AvgIpc) is 3.03. The minimum Gasteiger partial charge on any atom is -0.370 e. The van der Waals surface area contributed by atoms with Crippen molar-refractivity contribution in [1.29, 1.82) is 0 Å². The number of aromatic amines is 1. The Morgan fingerprint density at radius 1 is 1.33 bits per heavy atom. The van der Waals surface area contributed by atoms with Crippen molar-refractivity contribution in [2.24, 2.45) is 10.7 Å². The van der Waals surface area contributed by atoms with Gasteiger partial charge in [-0.1, -0.05) is 11.8 Å². The Labute approximate surface area is 140 Å². The number of alkyl halides is 3. The zero-order valence-corrected chi connectivity index (χ0v) is 13.4. The number of nitrogens with zero attached hydrogens (tertiary/aromatic N) is 4. The highest BCUT2D eigenvalue weighted by molar-refractivity contribution is 7.99. The zero-order valence-electron chi connectivity index (χ0n) is 12.5. The molecule has 7 nitrogen and oxygen atoms in total. The molecule has 0 aliphatic rings. The van der Waals surface area contributed by atoms with E-state index in [1.807, 2.05) is 0 Å². The van der Waals surface area contributed by atoms with Crippen LogP contribution in [0.5, 0.6) is 0 Å². The van der Waals surface area contributed by atoms with E-state index in [1.54, 1.807) is 12.4 Å². The summed E-state index contributed by atoms with van der Waals surface area (Å²) in [7, 11) is 0. The molecule has 11 heteroatoms. The maximum absolute atomic E-state index is 12.1. The molecule has 0 saturated carbocycles. The van der Waals surface area contributed by atoms with Gasteiger partial charge in [-0.25, -0.2) is 19.9 Å². The quantitative estimate of drug-likeness (QED) is 0.230. The number of aliphatic imine (C=N–C) groups is 1. The molecule has 0 saturated heterocycles. The molecule has 0 aromatic carbocycles. The van der Waals surface area contributed by atoms with Gasteiger partial charge in [0.25, 0.3) is 0 Å². The van der Waals surface area contributed by atoms with Gasteiger partial charge in [-0.2, -0.15) is 13.2 Å². The third-order valence-electron chi connectivity index (χ3n) is 2.66. The third kappa shape index (κ3) is 6.86. The number of H-pyrrole nitrogens is 1. The summed E-state index contributed by atoms with van der Waals surface area (Å²) in [5.41, 5.74) is 5.40. The minimum absolute atomic E-state index is 0.293. The summed E-state index contributed by atoms with van der Waals surface area (Å²) in [6.07, 6.45) is 2.27. The van der Waals surface area contributed by atoms with Crippen LogP contribution in [0.3, 0.4) is 0 Å². The molecule has 2 heterocycles. The highest BCUT2D eigenvalue weighted by Gasteiger charge is 2.26. The molecule has 0 fully saturated rings. The fraction of sp³-hybridized carbons (Fsp3) is 0.385. The number of aromatic nitrogens is 4. The van der Waals surface area contributed by atoms with Crippen molar-refractivity contribution in [1.82, 2.24) is 19.9 Å². The van der Waals surface area contributed by atoms with Crippen molar-refractivity contribution >= 4 is 23.5 Å². The maximum Gasteiger partial charge on any atom is 0.408 e. The monoisotopic (exact) mass is 359 g/mol. The van der Waals surface area contributed by atoms with Crippen LogP contribution in [0, 0.1) is 0 Å². The summed E-state index contributed by atoms with van der Waals surface area (Å²) in [4.78, 5) is 18.6. The lowest BCUT2D eigenvalue weighted by atomic mass is 10.3. The minimum atomic E-state index is -4.40. The number of aryl methyl sites for hydroxylation is 1. The van der Waals surface area contributed by atoms with Crippen LogP contribution in [0.15, 0.2) is 34.8 Å². The average molecular weight is 359 g/mol. The Morgan fingerprint density at radius 3 is 2.88 bits per heavy atom. The van der Waals surface area contributed by atoms with Crippen molar-refractivity contribution in [2.75, 3.05) is 17.6 Å². The smallest absolute Gasteiger partial charge is 0.370 e. The van der Waals surface area contributed by atoms with Crippen LogP contribution in [0.2, 0.25) is 0 Å². The number of nitrogens with one attached hydrogen (secondary N) is 2. The number of guanidine groups is 1. The standard InChI is InChI=1S/C13H16F3N7S/c14-13(15,16)8-21-11(17)22-10-3-4-20-12(23-10)24-7-1-2-9-18-5-6-19-9/h3-6H,1-2,7-8H2,(H,18,19)(H3,17,20,21,22,23). The van der Waals surface area contributed by atoms with Gasteiger partial charge in [0.2, 0.25) is 0 Å². The Bertz CT molecular complexity index is 658. The van der Waals surface area contributed by atoms with Crippen LogP contribution >= 0.6 is 11.8 Å². The summed E-state index contributed by atoms with van der Waals surface area (Å²) in [6, 6.07) is 1.50. The van der Waals surface area contributed by atoms with Crippen LogP contribution in [0.1, 0.15) is 12.2 Å². The number of halogens is 3. The van der Waals surface area contributed by atoms with Crippen molar-refractivity contribution < 1.29 is 13.2 Å². The molecular formula is C13H16F3N7S. The van der Waals surface area contributed by atoms with Crippen LogP contribution < -0.4 is 11.1 Å². The molecule has 2 rings (SSSR count). The van der Waals surface area contributed by atoms with Gasteiger partial charge in [0.1, 0.15) is 18.2 Å².